The molecule has 5 aliphatic rings. The lowest BCUT2D eigenvalue weighted by Crippen LogP contribution is -2.62. The van der Waals surface area contributed by atoms with Crippen molar-refractivity contribution in [2.75, 3.05) is 22.2 Å². The molecule has 1 aliphatic heterocycles. The molecule has 2 atom stereocenters. The highest BCUT2D eigenvalue weighted by atomic mass is 15.5. The van der Waals surface area contributed by atoms with E-state index < -0.39 is 0 Å². The Labute approximate surface area is 193 Å². The van der Waals surface area contributed by atoms with E-state index in [1.807, 2.05) is 18.5 Å². The molecule has 1 N–H and O–H groups in total. The number of hydrogen-bond acceptors (Lipinski definition) is 7. The number of hydrogen-bond donors (Lipinski definition) is 1. The predicted octanol–water partition coefficient (Wildman–Crippen LogP) is 4.51. The lowest BCUT2D eigenvalue weighted by molar-refractivity contribution is -0.0447. The number of aryl methyl sites for hydroxylation is 1. The smallest absolute Gasteiger partial charge is 0.229 e. The van der Waals surface area contributed by atoms with Crippen molar-refractivity contribution >= 4 is 28.8 Å². The Morgan fingerprint density at radius 3 is 2.73 bits per heavy atom. The number of aromatic nitrogens is 5. The van der Waals surface area contributed by atoms with Crippen LogP contribution in [0.25, 0.3) is 5.65 Å². The molecule has 170 valence electrons. The number of nitrogens with zero attached hydrogens (tertiary/aromatic N) is 7. The third-order valence-electron chi connectivity index (χ3n) is 9.02. The van der Waals surface area contributed by atoms with Gasteiger partial charge in [-0.3, -0.25) is 0 Å². The molecule has 33 heavy (non-hydrogen) atoms. The lowest BCUT2D eigenvalue weighted by Gasteiger charge is -2.62. The second-order valence-electron chi connectivity index (χ2n) is 10.8. The molecule has 4 heterocycles. The van der Waals surface area contributed by atoms with Crippen LogP contribution in [0.1, 0.15) is 44.6 Å². The van der Waals surface area contributed by atoms with Crippen LogP contribution in [-0.2, 0) is 0 Å². The molecule has 0 spiro atoms. The van der Waals surface area contributed by atoms with Gasteiger partial charge in [0.05, 0.1) is 18.1 Å². The molecule has 4 saturated carbocycles. The highest BCUT2D eigenvalue weighted by molar-refractivity contribution is 5.80. The second kappa shape index (κ2) is 6.46. The summed E-state index contributed by atoms with van der Waals surface area (Å²) in [5.41, 5.74) is 4.01. The maximum absolute atomic E-state index is 5.07. The van der Waals surface area contributed by atoms with Gasteiger partial charge in [0.1, 0.15) is 17.8 Å². The summed E-state index contributed by atoms with van der Waals surface area (Å²) in [6, 6.07) is 2.02. The Bertz CT molecular complexity index is 1280. The summed E-state index contributed by atoms with van der Waals surface area (Å²) in [5, 5.41) is 7.69. The fourth-order valence-corrected chi connectivity index (χ4v) is 7.46. The number of nitrogens with one attached hydrogen (secondary N) is 1. The molecule has 0 aromatic carbocycles. The summed E-state index contributed by atoms with van der Waals surface area (Å²) in [5.74, 6) is 5.98. The first kappa shape index (κ1) is 19.3. The van der Waals surface area contributed by atoms with Crippen molar-refractivity contribution in [3.63, 3.8) is 0 Å². The topological polar surface area (TPSA) is 74.5 Å². The van der Waals surface area contributed by atoms with Crippen LogP contribution in [0.2, 0.25) is 0 Å². The average molecular weight is 443 g/mol. The number of anilines is 4. The molecular formula is C25H30N8. The van der Waals surface area contributed by atoms with Crippen LogP contribution in [0.4, 0.5) is 23.1 Å². The summed E-state index contributed by atoms with van der Waals surface area (Å²) >= 11 is 0. The van der Waals surface area contributed by atoms with Crippen molar-refractivity contribution in [3.05, 3.63) is 42.8 Å². The highest BCUT2D eigenvalue weighted by Gasteiger charge is 2.58. The van der Waals surface area contributed by atoms with Crippen molar-refractivity contribution in [1.82, 2.24) is 24.6 Å². The Morgan fingerprint density at radius 2 is 1.94 bits per heavy atom. The van der Waals surface area contributed by atoms with Crippen molar-refractivity contribution in [2.45, 2.75) is 51.5 Å². The fourth-order valence-electron chi connectivity index (χ4n) is 7.46. The summed E-state index contributed by atoms with van der Waals surface area (Å²) < 4.78 is 1.77. The van der Waals surface area contributed by atoms with Gasteiger partial charge in [0.2, 0.25) is 5.95 Å². The fraction of sp³-hybridized carbons (Fsp3) is 0.520. The normalized spacial score (nSPS) is 32.2. The summed E-state index contributed by atoms with van der Waals surface area (Å²) in [4.78, 5) is 18.6. The van der Waals surface area contributed by atoms with E-state index in [0.29, 0.717) is 5.95 Å². The Hall–Kier alpha value is -3.16. The van der Waals surface area contributed by atoms with Gasteiger partial charge in [0.25, 0.3) is 0 Å². The van der Waals surface area contributed by atoms with Crippen molar-refractivity contribution in [3.8, 4) is 0 Å². The summed E-state index contributed by atoms with van der Waals surface area (Å²) in [6.45, 7) is 9.05. The summed E-state index contributed by atoms with van der Waals surface area (Å²) in [6.07, 6.45) is 12.0. The maximum Gasteiger partial charge on any atom is 0.229 e. The highest BCUT2D eigenvalue weighted by Crippen LogP contribution is 2.62. The maximum atomic E-state index is 5.07. The predicted molar refractivity (Wildman–Crippen MR) is 129 cm³/mol. The number of rotatable bonds is 3. The van der Waals surface area contributed by atoms with E-state index >= 15 is 0 Å². The minimum atomic E-state index is 0.140. The van der Waals surface area contributed by atoms with Gasteiger partial charge in [0, 0.05) is 12.6 Å². The monoisotopic (exact) mass is 442 g/mol. The molecule has 4 fully saturated rings. The van der Waals surface area contributed by atoms with E-state index in [2.05, 4.69) is 57.7 Å². The van der Waals surface area contributed by atoms with Crippen LogP contribution in [0.15, 0.2) is 37.2 Å². The van der Waals surface area contributed by atoms with Crippen LogP contribution in [0.3, 0.4) is 0 Å². The van der Waals surface area contributed by atoms with Crippen LogP contribution in [-0.4, -0.2) is 37.2 Å². The molecule has 3 aromatic rings. The molecule has 0 saturated heterocycles. The van der Waals surface area contributed by atoms with Gasteiger partial charge in [-0.1, -0.05) is 13.5 Å². The molecule has 2 unspecified atom stereocenters. The van der Waals surface area contributed by atoms with Gasteiger partial charge in [0.15, 0.2) is 11.5 Å². The van der Waals surface area contributed by atoms with Crippen molar-refractivity contribution < 1.29 is 0 Å². The third kappa shape index (κ3) is 2.63. The van der Waals surface area contributed by atoms with Gasteiger partial charge in [-0.2, -0.15) is 10.1 Å². The molecule has 8 nitrogen and oxygen atoms in total. The standard InChI is InChI=1S/C25H30N8/c1-14-5-22-27-13-28-32(22)12-20(14)29-24-26-11-21-23(30-24)33(16(3)31(21)4)25-8-17-6-18(9-25)15(2)19(7-17)10-25/h5,11-13,15,17-19H,3,6-10H2,1-2,4H3,(H,26,29,30). The molecule has 8 rings (SSSR count). The molecule has 4 aliphatic carbocycles. The Balaban J connectivity index is 1.28. The van der Waals surface area contributed by atoms with E-state index in [-0.39, 0.29) is 5.54 Å². The van der Waals surface area contributed by atoms with Crippen LogP contribution in [0, 0.1) is 30.6 Å². The first-order valence-electron chi connectivity index (χ1n) is 12.1. The Morgan fingerprint density at radius 1 is 1.15 bits per heavy atom. The van der Waals surface area contributed by atoms with Crippen LogP contribution < -0.4 is 15.1 Å². The van der Waals surface area contributed by atoms with Gasteiger partial charge < -0.3 is 15.1 Å². The third-order valence-corrected chi connectivity index (χ3v) is 9.02. The molecular weight excluding hydrogens is 412 g/mol. The lowest BCUT2D eigenvalue weighted by atomic mass is 9.49. The minimum absolute atomic E-state index is 0.140. The number of pyridine rings is 1. The second-order valence-corrected chi connectivity index (χ2v) is 10.8. The van der Waals surface area contributed by atoms with Gasteiger partial charge in [-0.05, 0) is 74.3 Å². The van der Waals surface area contributed by atoms with Crippen LogP contribution >= 0.6 is 0 Å². The van der Waals surface area contributed by atoms with Gasteiger partial charge in [-0.15, -0.1) is 0 Å². The summed E-state index contributed by atoms with van der Waals surface area (Å²) in [7, 11) is 2.09. The van der Waals surface area contributed by atoms with Crippen molar-refractivity contribution in [2.24, 2.45) is 23.7 Å². The quantitative estimate of drug-likeness (QED) is 0.639. The molecule has 0 radical (unpaired) electrons. The molecule has 0 amide bonds. The first-order valence-corrected chi connectivity index (χ1v) is 12.1. The molecule has 8 heteroatoms. The SMILES string of the molecule is C=C1N(C)c2cnc(Nc3cn4ncnc4cc3C)nc2N1C12CC3CC(C1)C(C)C(C3)C2. The van der Waals surface area contributed by atoms with Gasteiger partial charge in [-0.25, -0.2) is 14.5 Å². The van der Waals surface area contributed by atoms with E-state index in [9.17, 15) is 0 Å². The number of fused-ring (bicyclic) bond motifs is 2. The molecule has 4 bridgehead atoms. The van der Waals surface area contributed by atoms with Crippen LogP contribution in [0.5, 0.6) is 0 Å². The zero-order chi connectivity index (χ0) is 22.5. The largest absolute Gasteiger partial charge is 0.327 e. The van der Waals surface area contributed by atoms with E-state index in [1.54, 1.807) is 10.8 Å². The zero-order valence-corrected chi connectivity index (χ0v) is 19.5. The Kier molecular flexibility index (Phi) is 3.78. The zero-order valence-electron chi connectivity index (χ0n) is 19.5. The van der Waals surface area contributed by atoms with Crippen molar-refractivity contribution in [1.29, 1.82) is 0 Å². The first-order chi connectivity index (χ1) is 15.9. The van der Waals surface area contributed by atoms with Gasteiger partial charge >= 0.3 is 0 Å². The average Bonchev–Trinajstić information content (AvgIpc) is 3.33. The van der Waals surface area contributed by atoms with E-state index in [4.69, 9.17) is 4.98 Å². The minimum Gasteiger partial charge on any atom is -0.327 e. The van der Waals surface area contributed by atoms with E-state index in [1.165, 1.54) is 32.1 Å². The molecule has 3 aromatic heterocycles. The van der Waals surface area contributed by atoms with E-state index in [0.717, 1.165) is 57.9 Å².